The van der Waals surface area contributed by atoms with Gasteiger partial charge < -0.3 is 10.6 Å². The van der Waals surface area contributed by atoms with Crippen molar-refractivity contribution in [2.75, 3.05) is 20.1 Å². The standard InChI is InChI=1S/C17H25N5O2S3.HI/c1-13-10-19-15(25-13)12-21-17(18-2)20-11-14-6-7-16(26-14)27(23,24)22-8-4-3-5-9-22;/h6-7,10H,3-5,8-9,11-12H2,1-2H3,(H2,18,20,21);1H. The molecule has 0 amide bonds. The molecule has 1 aliphatic heterocycles. The molecule has 0 radical (unpaired) electrons. The van der Waals surface area contributed by atoms with E-state index in [1.165, 1.54) is 16.2 Å². The number of aliphatic imine (C=N–C) groups is 1. The fourth-order valence-corrected chi connectivity index (χ4v) is 6.55. The Hall–Kier alpha value is -0.760. The van der Waals surface area contributed by atoms with E-state index >= 15 is 0 Å². The molecule has 3 rings (SSSR count). The van der Waals surface area contributed by atoms with E-state index < -0.39 is 10.0 Å². The highest BCUT2D eigenvalue weighted by molar-refractivity contribution is 14.0. The molecule has 0 aliphatic carbocycles. The number of sulfonamides is 1. The number of hydrogen-bond donors (Lipinski definition) is 2. The van der Waals surface area contributed by atoms with Gasteiger partial charge >= 0.3 is 0 Å². The van der Waals surface area contributed by atoms with E-state index in [9.17, 15) is 8.42 Å². The molecule has 2 aromatic heterocycles. The zero-order valence-electron chi connectivity index (χ0n) is 16.0. The van der Waals surface area contributed by atoms with Crippen molar-refractivity contribution in [2.24, 2.45) is 4.99 Å². The van der Waals surface area contributed by atoms with Crippen LogP contribution in [0.4, 0.5) is 0 Å². The highest BCUT2D eigenvalue weighted by Crippen LogP contribution is 2.27. The molecule has 0 aromatic carbocycles. The van der Waals surface area contributed by atoms with Crippen LogP contribution in [-0.4, -0.2) is 43.8 Å². The van der Waals surface area contributed by atoms with Crippen LogP contribution in [0.2, 0.25) is 0 Å². The third-order valence-corrected chi connectivity index (χ3v) is 8.64. The summed E-state index contributed by atoms with van der Waals surface area (Å²) in [6.45, 7) is 4.41. The number of nitrogens with one attached hydrogen (secondary N) is 2. The lowest BCUT2D eigenvalue weighted by atomic mass is 10.2. The van der Waals surface area contributed by atoms with Crippen LogP contribution < -0.4 is 10.6 Å². The Morgan fingerprint density at radius 3 is 2.54 bits per heavy atom. The van der Waals surface area contributed by atoms with Crippen molar-refractivity contribution in [3.05, 3.63) is 33.1 Å². The molecule has 0 saturated carbocycles. The van der Waals surface area contributed by atoms with Crippen molar-refractivity contribution in [3.63, 3.8) is 0 Å². The van der Waals surface area contributed by atoms with Crippen LogP contribution >= 0.6 is 46.7 Å². The van der Waals surface area contributed by atoms with Crippen LogP contribution in [0.25, 0.3) is 0 Å². The summed E-state index contributed by atoms with van der Waals surface area (Å²) in [5, 5.41) is 7.45. The predicted octanol–water partition coefficient (Wildman–Crippen LogP) is 3.17. The third kappa shape index (κ3) is 6.12. The van der Waals surface area contributed by atoms with Crippen LogP contribution in [0.15, 0.2) is 27.5 Å². The number of nitrogens with zero attached hydrogens (tertiary/aromatic N) is 3. The summed E-state index contributed by atoms with van der Waals surface area (Å²) < 4.78 is 27.5. The normalized spacial score (nSPS) is 15.9. The SMILES string of the molecule is CN=C(NCc1ccc(S(=O)(=O)N2CCCCC2)s1)NCc1ncc(C)s1.I. The van der Waals surface area contributed by atoms with Crippen LogP contribution in [-0.2, 0) is 23.1 Å². The number of halogens is 1. The quantitative estimate of drug-likeness (QED) is 0.325. The topological polar surface area (TPSA) is 86.7 Å². The minimum Gasteiger partial charge on any atom is -0.352 e. The summed E-state index contributed by atoms with van der Waals surface area (Å²) in [6.07, 6.45) is 4.85. The fourth-order valence-electron chi connectivity index (χ4n) is 2.86. The van der Waals surface area contributed by atoms with Crippen molar-refractivity contribution < 1.29 is 8.42 Å². The van der Waals surface area contributed by atoms with Gasteiger partial charge in [-0.05, 0) is 31.9 Å². The lowest BCUT2D eigenvalue weighted by Crippen LogP contribution is -2.36. The summed E-state index contributed by atoms with van der Waals surface area (Å²) >= 11 is 2.97. The first-order chi connectivity index (χ1) is 13.0. The average molecular weight is 556 g/mol. The van der Waals surface area contributed by atoms with Gasteiger partial charge in [-0.3, -0.25) is 4.99 Å². The summed E-state index contributed by atoms with van der Waals surface area (Å²) in [7, 11) is -1.65. The van der Waals surface area contributed by atoms with E-state index in [4.69, 9.17) is 0 Å². The molecule has 1 fully saturated rings. The average Bonchev–Trinajstić information content (AvgIpc) is 3.32. The van der Waals surface area contributed by atoms with E-state index in [-0.39, 0.29) is 24.0 Å². The Balaban J connectivity index is 0.00000280. The van der Waals surface area contributed by atoms with Gasteiger partial charge in [-0.2, -0.15) is 4.31 Å². The first kappa shape index (κ1) is 23.5. The fraction of sp³-hybridized carbons (Fsp3) is 0.529. The monoisotopic (exact) mass is 555 g/mol. The van der Waals surface area contributed by atoms with E-state index in [1.807, 2.05) is 19.2 Å². The predicted molar refractivity (Wildman–Crippen MR) is 126 cm³/mol. The largest absolute Gasteiger partial charge is 0.352 e. The van der Waals surface area contributed by atoms with Crippen LogP contribution in [0.5, 0.6) is 0 Å². The van der Waals surface area contributed by atoms with Crippen LogP contribution in [0.1, 0.15) is 34.0 Å². The van der Waals surface area contributed by atoms with Gasteiger partial charge in [0.2, 0.25) is 0 Å². The maximum atomic E-state index is 12.7. The molecule has 0 atom stereocenters. The van der Waals surface area contributed by atoms with Gasteiger partial charge in [-0.1, -0.05) is 6.42 Å². The molecule has 11 heteroatoms. The molecule has 2 N–H and O–H groups in total. The second-order valence-corrected chi connectivity index (χ2v) is 11.0. The molecular weight excluding hydrogens is 529 g/mol. The zero-order chi connectivity index (χ0) is 19.3. The molecule has 1 saturated heterocycles. The first-order valence-corrected chi connectivity index (χ1v) is 12.0. The Labute approximate surface area is 191 Å². The number of hydrogen-bond acceptors (Lipinski definition) is 6. The second-order valence-electron chi connectivity index (χ2n) is 6.33. The molecule has 1 aliphatic rings. The second kappa shape index (κ2) is 10.9. The lowest BCUT2D eigenvalue weighted by molar-refractivity contribution is 0.347. The Kier molecular flexibility index (Phi) is 9.12. The first-order valence-electron chi connectivity index (χ1n) is 8.94. The summed E-state index contributed by atoms with van der Waals surface area (Å²) in [4.78, 5) is 10.7. The van der Waals surface area contributed by atoms with Crippen molar-refractivity contribution >= 4 is 62.6 Å². The van der Waals surface area contributed by atoms with E-state index in [0.717, 1.165) is 29.1 Å². The van der Waals surface area contributed by atoms with E-state index in [1.54, 1.807) is 28.8 Å². The van der Waals surface area contributed by atoms with Crippen molar-refractivity contribution in [2.45, 2.75) is 43.5 Å². The molecule has 156 valence electrons. The Bertz CT molecular complexity index is 888. The number of thiophene rings is 1. The maximum absolute atomic E-state index is 12.7. The number of aryl methyl sites for hydroxylation is 1. The van der Waals surface area contributed by atoms with Gasteiger partial charge in [0.15, 0.2) is 5.96 Å². The molecule has 0 unspecified atom stereocenters. The number of aromatic nitrogens is 1. The van der Waals surface area contributed by atoms with Crippen molar-refractivity contribution in [3.8, 4) is 0 Å². The van der Waals surface area contributed by atoms with Crippen molar-refractivity contribution in [1.82, 2.24) is 19.9 Å². The molecule has 3 heterocycles. The minimum absolute atomic E-state index is 0. The third-order valence-electron chi connectivity index (χ3n) is 4.28. The number of thiazole rings is 1. The smallest absolute Gasteiger partial charge is 0.252 e. The van der Waals surface area contributed by atoms with Gasteiger partial charge in [0.05, 0.1) is 13.1 Å². The molecule has 0 spiro atoms. The Morgan fingerprint density at radius 2 is 1.89 bits per heavy atom. The molecule has 28 heavy (non-hydrogen) atoms. The maximum Gasteiger partial charge on any atom is 0.252 e. The van der Waals surface area contributed by atoms with Gasteiger partial charge in [0, 0.05) is 36.1 Å². The summed E-state index contributed by atoms with van der Waals surface area (Å²) in [5.41, 5.74) is 0. The minimum atomic E-state index is -3.36. The lowest BCUT2D eigenvalue weighted by Gasteiger charge is -2.25. The number of rotatable bonds is 6. The molecule has 0 bridgehead atoms. The van der Waals surface area contributed by atoms with Gasteiger partial charge in [-0.15, -0.1) is 46.7 Å². The van der Waals surface area contributed by atoms with E-state index in [2.05, 4.69) is 20.6 Å². The van der Waals surface area contributed by atoms with Gasteiger partial charge in [-0.25, -0.2) is 13.4 Å². The molecule has 2 aromatic rings. The van der Waals surface area contributed by atoms with Gasteiger partial charge in [0.1, 0.15) is 9.22 Å². The molecular formula is C17H26IN5O2S3. The molecule has 7 nitrogen and oxygen atoms in total. The number of guanidine groups is 1. The highest BCUT2D eigenvalue weighted by Gasteiger charge is 2.27. The van der Waals surface area contributed by atoms with Gasteiger partial charge in [0.25, 0.3) is 10.0 Å². The summed E-state index contributed by atoms with van der Waals surface area (Å²) in [6, 6.07) is 3.58. The van der Waals surface area contributed by atoms with Crippen molar-refractivity contribution in [1.29, 1.82) is 0 Å². The van der Waals surface area contributed by atoms with E-state index in [0.29, 0.717) is 36.3 Å². The zero-order valence-corrected chi connectivity index (χ0v) is 20.8. The highest BCUT2D eigenvalue weighted by atomic mass is 127. The number of piperidine rings is 1. The van der Waals surface area contributed by atoms with Crippen LogP contribution in [0, 0.1) is 6.92 Å². The van der Waals surface area contributed by atoms with Crippen LogP contribution in [0.3, 0.4) is 0 Å². The Morgan fingerprint density at radius 1 is 1.18 bits per heavy atom. The summed E-state index contributed by atoms with van der Waals surface area (Å²) in [5.74, 6) is 0.664.